The molecule has 0 fully saturated rings. The molecule has 3 nitrogen and oxygen atoms in total. The molecule has 0 saturated carbocycles. The van der Waals surface area contributed by atoms with Crippen molar-refractivity contribution in [2.45, 2.75) is 26.4 Å². The zero-order valence-electron chi connectivity index (χ0n) is 5.51. The molecule has 0 aliphatic carbocycles. The lowest BCUT2D eigenvalue weighted by Gasteiger charge is -2.18. The van der Waals surface area contributed by atoms with Crippen LogP contribution in [0.3, 0.4) is 0 Å². The van der Waals surface area contributed by atoms with Crippen LogP contribution in [0.25, 0.3) is 0 Å². The molecule has 0 amide bonds. The van der Waals surface area contributed by atoms with E-state index in [0.717, 1.165) is 0 Å². The zero-order chi connectivity index (χ0) is 6.78. The van der Waals surface area contributed by atoms with Crippen molar-refractivity contribution in [2.75, 3.05) is 0 Å². The number of nitroso groups, excluding NO2 is 1. The molecule has 0 spiro atoms. The molecule has 0 bridgehead atoms. The van der Waals surface area contributed by atoms with Gasteiger partial charge in [0, 0.05) is 0 Å². The summed E-state index contributed by atoms with van der Waals surface area (Å²) in [7, 11) is 0. The lowest BCUT2D eigenvalue weighted by Crippen LogP contribution is -2.38. The summed E-state index contributed by atoms with van der Waals surface area (Å²) in [5.41, 5.74) is 4.49. The average Bonchev–Trinajstić information content (AvgIpc) is 1.67. The summed E-state index contributed by atoms with van der Waals surface area (Å²) in [6.45, 7) is 5.34. The van der Waals surface area contributed by atoms with Gasteiger partial charge in [0.2, 0.25) is 0 Å². The van der Waals surface area contributed by atoms with Gasteiger partial charge in [-0.2, -0.15) is 0 Å². The summed E-state index contributed by atoms with van der Waals surface area (Å²) >= 11 is 0. The quantitative estimate of drug-likeness (QED) is 0.549. The lowest BCUT2D eigenvalue weighted by atomic mass is 10.0. The van der Waals surface area contributed by atoms with Gasteiger partial charge in [-0.25, -0.2) is 0 Å². The average molecular weight is 116 g/mol. The van der Waals surface area contributed by atoms with Crippen molar-refractivity contribution < 1.29 is 0 Å². The fraction of sp³-hybridized carbons (Fsp3) is 1.00. The molecule has 0 aliphatic heterocycles. The maximum absolute atomic E-state index is 9.89. The molecule has 0 aromatic carbocycles. The van der Waals surface area contributed by atoms with Gasteiger partial charge in [0.25, 0.3) is 0 Å². The topological polar surface area (TPSA) is 55.4 Å². The molecule has 1 unspecified atom stereocenters. The molecular formula is C5H12N2O. The fourth-order valence-electron chi connectivity index (χ4n) is 0.105. The second-order valence-electron chi connectivity index (χ2n) is 2.47. The summed E-state index contributed by atoms with van der Waals surface area (Å²) in [6.07, 6.45) is 0. The van der Waals surface area contributed by atoms with Crippen molar-refractivity contribution in [2.24, 2.45) is 16.8 Å². The van der Waals surface area contributed by atoms with Crippen LogP contribution >= 0.6 is 0 Å². The zero-order valence-corrected chi connectivity index (χ0v) is 5.51. The number of hydrogen-bond acceptors (Lipinski definition) is 3. The largest absolute Gasteiger partial charge is 0.304 e. The Hall–Kier alpha value is -0.440. The van der Waals surface area contributed by atoms with E-state index in [4.69, 9.17) is 5.73 Å². The van der Waals surface area contributed by atoms with E-state index in [0.29, 0.717) is 0 Å². The number of rotatable bonds is 2. The van der Waals surface area contributed by atoms with E-state index in [9.17, 15) is 4.91 Å². The molecule has 2 N–H and O–H groups in total. The van der Waals surface area contributed by atoms with Crippen LogP contribution in [0.5, 0.6) is 0 Å². The minimum atomic E-state index is -0.889. The normalized spacial score (nSPS) is 18.1. The van der Waals surface area contributed by atoms with Gasteiger partial charge >= 0.3 is 0 Å². The van der Waals surface area contributed by atoms with Gasteiger partial charge in [0.15, 0.2) is 0 Å². The number of hydrogen-bond donors (Lipinski definition) is 1. The van der Waals surface area contributed by atoms with Crippen LogP contribution in [-0.2, 0) is 0 Å². The minimum Gasteiger partial charge on any atom is -0.304 e. The van der Waals surface area contributed by atoms with Gasteiger partial charge in [-0.15, -0.1) is 4.91 Å². The van der Waals surface area contributed by atoms with Crippen LogP contribution in [0.4, 0.5) is 0 Å². The Morgan fingerprint density at radius 1 is 1.62 bits per heavy atom. The van der Waals surface area contributed by atoms with E-state index >= 15 is 0 Å². The predicted molar refractivity (Wildman–Crippen MR) is 33.2 cm³/mol. The van der Waals surface area contributed by atoms with Crippen molar-refractivity contribution in [1.82, 2.24) is 0 Å². The van der Waals surface area contributed by atoms with Gasteiger partial charge in [-0.3, -0.25) is 0 Å². The molecule has 0 radical (unpaired) electrons. The highest BCUT2D eigenvalue weighted by Crippen LogP contribution is 2.12. The summed E-state index contributed by atoms with van der Waals surface area (Å²) in [5.74, 6) is 0.111. The third-order valence-corrected chi connectivity index (χ3v) is 1.37. The number of nitrogens with two attached hydrogens (primary N) is 1. The summed E-state index contributed by atoms with van der Waals surface area (Å²) in [4.78, 5) is 9.89. The van der Waals surface area contributed by atoms with Crippen molar-refractivity contribution in [3.63, 3.8) is 0 Å². The molecule has 1 atom stereocenters. The highest BCUT2D eigenvalue weighted by atomic mass is 16.3. The molecule has 0 rings (SSSR count). The van der Waals surface area contributed by atoms with Gasteiger partial charge in [-0.05, 0) is 18.0 Å². The Morgan fingerprint density at radius 3 is 2.00 bits per heavy atom. The van der Waals surface area contributed by atoms with Crippen LogP contribution in [0.15, 0.2) is 5.18 Å². The summed E-state index contributed by atoms with van der Waals surface area (Å²) in [6, 6.07) is 0. The molecule has 0 saturated heterocycles. The van der Waals surface area contributed by atoms with E-state index in [1.807, 2.05) is 13.8 Å². The van der Waals surface area contributed by atoms with Crippen molar-refractivity contribution in [1.29, 1.82) is 0 Å². The lowest BCUT2D eigenvalue weighted by molar-refractivity contribution is 0.353. The predicted octanol–water partition coefficient (Wildman–Crippen LogP) is 1.08. The number of nitrogens with zero attached hydrogens (tertiary/aromatic N) is 1. The van der Waals surface area contributed by atoms with E-state index in [1.165, 1.54) is 0 Å². The molecule has 0 aliphatic rings. The molecule has 0 heterocycles. The summed E-state index contributed by atoms with van der Waals surface area (Å²) in [5, 5.41) is 2.75. The van der Waals surface area contributed by atoms with Crippen LogP contribution < -0.4 is 5.73 Å². The molecule has 0 aromatic heterocycles. The van der Waals surface area contributed by atoms with Crippen LogP contribution in [0.2, 0.25) is 0 Å². The Bertz CT molecular complexity index is 88.4. The Balaban J connectivity index is 3.90. The molecular weight excluding hydrogens is 104 g/mol. The monoisotopic (exact) mass is 116 g/mol. The molecule has 48 valence electrons. The second-order valence-corrected chi connectivity index (χ2v) is 2.47. The highest BCUT2D eigenvalue weighted by molar-refractivity contribution is 4.77. The first-order chi connectivity index (χ1) is 3.50. The van der Waals surface area contributed by atoms with E-state index < -0.39 is 5.66 Å². The first-order valence-corrected chi connectivity index (χ1v) is 2.64. The van der Waals surface area contributed by atoms with Crippen molar-refractivity contribution in [3.05, 3.63) is 4.91 Å². The molecule has 3 heteroatoms. The third-order valence-electron chi connectivity index (χ3n) is 1.37. The summed E-state index contributed by atoms with van der Waals surface area (Å²) < 4.78 is 0. The van der Waals surface area contributed by atoms with Gasteiger partial charge < -0.3 is 5.73 Å². The van der Waals surface area contributed by atoms with E-state index in [-0.39, 0.29) is 5.92 Å². The molecule has 0 aromatic rings. The molecule has 8 heavy (non-hydrogen) atoms. The first-order valence-electron chi connectivity index (χ1n) is 2.64. The van der Waals surface area contributed by atoms with Crippen LogP contribution in [0, 0.1) is 10.8 Å². The Kier molecular flexibility index (Phi) is 2.10. The van der Waals surface area contributed by atoms with Crippen molar-refractivity contribution >= 4 is 0 Å². The van der Waals surface area contributed by atoms with Gasteiger partial charge in [0.1, 0.15) is 5.66 Å². The Morgan fingerprint density at radius 2 is 2.00 bits per heavy atom. The SMILES string of the molecule is CC(C)C(C)(N)N=O. The maximum Gasteiger partial charge on any atom is 0.149 e. The van der Waals surface area contributed by atoms with Crippen molar-refractivity contribution in [3.8, 4) is 0 Å². The van der Waals surface area contributed by atoms with E-state index in [1.54, 1.807) is 6.92 Å². The Labute approximate surface area is 49.2 Å². The van der Waals surface area contributed by atoms with Crippen LogP contribution in [-0.4, -0.2) is 5.66 Å². The highest BCUT2D eigenvalue weighted by Gasteiger charge is 2.22. The minimum absolute atomic E-state index is 0.111. The standard InChI is InChI=1S/C5H12N2O/c1-4(2)5(3,6)7-8/h4H,6H2,1-3H3. The van der Waals surface area contributed by atoms with E-state index in [2.05, 4.69) is 5.18 Å². The first kappa shape index (κ1) is 7.56. The van der Waals surface area contributed by atoms with Crippen LogP contribution in [0.1, 0.15) is 20.8 Å². The second kappa shape index (κ2) is 2.22. The third kappa shape index (κ3) is 1.58. The maximum atomic E-state index is 9.89. The van der Waals surface area contributed by atoms with Gasteiger partial charge in [-0.1, -0.05) is 13.8 Å². The smallest absolute Gasteiger partial charge is 0.149 e. The fourth-order valence-corrected chi connectivity index (χ4v) is 0.105. The van der Waals surface area contributed by atoms with Gasteiger partial charge in [0.05, 0.1) is 0 Å².